The van der Waals surface area contributed by atoms with Crippen molar-refractivity contribution in [3.63, 3.8) is 0 Å². The van der Waals surface area contributed by atoms with Crippen molar-refractivity contribution in [3.8, 4) is 0 Å². The molecule has 1 aliphatic heterocycles. The second-order valence-electron chi connectivity index (χ2n) is 5.84. The third-order valence-electron chi connectivity index (χ3n) is 4.24. The standard InChI is InChI=1S/C17H24N4/c1-14-16(13-19-20-14)12-18-11-15-5-7-17(8-6-15)21-9-3-2-4-10-21/h5-8,13,18H,2-4,9-12H2,1H3,(H,19,20). The zero-order valence-electron chi connectivity index (χ0n) is 12.7. The van der Waals surface area contributed by atoms with E-state index >= 15 is 0 Å². The molecule has 1 saturated heterocycles. The lowest BCUT2D eigenvalue weighted by molar-refractivity contribution is 0.578. The number of aryl methyl sites for hydroxylation is 1. The van der Waals surface area contributed by atoms with Gasteiger partial charge >= 0.3 is 0 Å². The number of nitrogens with one attached hydrogen (secondary N) is 2. The minimum Gasteiger partial charge on any atom is -0.372 e. The molecule has 3 rings (SSSR count). The van der Waals surface area contributed by atoms with Gasteiger partial charge in [-0.05, 0) is 43.9 Å². The minimum atomic E-state index is 0.857. The van der Waals surface area contributed by atoms with Gasteiger partial charge in [0.05, 0.1) is 6.20 Å². The van der Waals surface area contributed by atoms with Gasteiger partial charge in [-0.1, -0.05) is 12.1 Å². The van der Waals surface area contributed by atoms with Gasteiger partial charge < -0.3 is 10.2 Å². The van der Waals surface area contributed by atoms with E-state index in [1.807, 2.05) is 6.20 Å². The Balaban J connectivity index is 1.51. The number of piperidine rings is 1. The highest BCUT2D eigenvalue weighted by Gasteiger charge is 2.10. The first-order chi connectivity index (χ1) is 10.3. The lowest BCUT2D eigenvalue weighted by atomic mass is 10.1. The molecule has 2 aromatic rings. The van der Waals surface area contributed by atoms with Crippen molar-refractivity contribution < 1.29 is 0 Å². The summed E-state index contributed by atoms with van der Waals surface area (Å²) < 4.78 is 0. The first-order valence-corrected chi connectivity index (χ1v) is 7.86. The third kappa shape index (κ3) is 3.64. The Kier molecular flexibility index (Phi) is 4.55. The predicted molar refractivity (Wildman–Crippen MR) is 86.4 cm³/mol. The second-order valence-corrected chi connectivity index (χ2v) is 5.84. The van der Waals surface area contributed by atoms with Crippen LogP contribution in [-0.4, -0.2) is 23.3 Å². The van der Waals surface area contributed by atoms with Gasteiger partial charge in [0.2, 0.25) is 0 Å². The molecular weight excluding hydrogens is 260 g/mol. The number of anilines is 1. The summed E-state index contributed by atoms with van der Waals surface area (Å²) in [7, 11) is 0. The van der Waals surface area contributed by atoms with E-state index in [0.29, 0.717) is 0 Å². The van der Waals surface area contributed by atoms with Crippen LogP contribution in [0.3, 0.4) is 0 Å². The summed E-state index contributed by atoms with van der Waals surface area (Å²) >= 11 is 0. The smallest absolute Gasteiger partial charge is 0.0535 e. The second kappa shape index (κ2) is 6.76. The third-order valence-corrected chi connectivity index (χ3v) is 4.24. The number of aromatic amines is 1. The Hall–Kier alpha value is -1.81. The maximum absolute atomic E-state index is 4.04. The lowest BCUT2D eigenvalue weighted by Gasteiger charge is -2.28. The normalized spacial score (nSPS) is 15.4. The zero-order valence-corrected chi connectivity index (χ0v) is 12.7. The fourth-order valence-electron chi connectivity index (χ4n) is 2.87. The van der Waals surface area contributed by atoms with Crippen LogP contribution in [0.4, 0.5) is 5.69 Å². The van der Waals surface area contributed by atoms with Crippen LogP contribution < -0.4 is 10.2 Å². The summed E-state index contributed by atoms with van der Waals surface area (Å²) in [4.78, 5) is 2.50. The maximum atomic E-state index is 4.04. The van der Waals surface area contributed by atoms with Crippen molar-refractivity contribution in [1.29, 1.82) is 0 Å². The molecule has 21 heavy (non-hydrogen) atoms. The average molecular weight is 284 g/mol. The first-order valence-electron chi connectivity index (χ1n) is 7.86. The number of H-pyrrole nitrogens is 1. The van der Waals surface area contributed by atoms with Crippen LogP contribution in [0, 0.1) is 6.92 Å². The van der Waals surface area contributed by atoms with Crippen molar-refractivity contribution in [3.05, 3.63) is 47.3 Å². The summed E-state index contributed by atoms with van der Waals surface area (Å²) in [6.45, 7) is 6.22. The lowest BCUT2D eigenvalue weighted by Crippen LogP contribution is -2.29. The highest BCUT2D eigenvalue weighted by molar-refractivity contribution is 5.47. The number of benzene rings is 1. The van der Waals surface area contributed by atoms with E-state index in [1.165, 1.54) is 49.2 Å². The molecule has 2 N–H and O–H groups in total. The number of aromatic nitrogens is 2. The SMILES string of the molecule is Cc1[nH]ncc1CNCc1ccc(N2CCCCC2)cc1. The molecule has 0 amide bonds. The predicted octanol–water partition coefficient (Wildman–Crippen LogP) is 3.00. The highest BCUT2D eigenvalue weighted by Crippen LogP contribution is 2.20. The molecule has 1 aliphatic rings. The number of rotatable bonds is 5. The van der Waals surface area contributed by atoms with Crippen LogP contribution in [0.15, 0.2) is 30.5 Å². The van der Waals surface area contributed by atoms with E-state index in [4.69, 9.17) is 0 Å². The van der Waals surface area contributed by atoms with Crippen molar-refractivity contribution in [2.24, 2.45) is 0 Å². The van der Waals surface area contributed by atoms with Gasteiger partial charge in [0.25, 0.3) is 0 Å². The number of nitrogens with zero attached hydrogens (tertiary/aromatic N) is 2. The van der Waals surface area contributed by atoms with Crippen molar-refractivity contribution in [2.45, 2.75) is 39.3 Å². The monoisotopic (exact) mass is 284 g/mol. The van der Waals surface area contributed by atoms with Gasteiger partial charge in [-0.15, -0.1) is 0 Å². The Bertz CT molecular complexity index is 552. The molecule has 0 atom stereocenters. The van der Waals surface area contributed by atoms with E-state index in [0.717, 1.165) is 18.8 Å². The van der Waals surface area contributed by atoms with Crippen LogP contribution in [-0.2, 0) is 13.1 Å². The topological polar surface area (TPSA) is 44.0 Å². The molecule has 1 aromatic heterocycles. The Morgan fingerprint density at radius 2 is 1.86 bits per heavy atom. The van der Waals surface area contributed by atoms with Gasteiger partial charge in [0.1, 0.15) is 0 Å². The van der Waals surface area contributed by atoms with E-state index in [1.54, 1.807) is 0 Å². The Morgan fingerprint density at radius 1 is 1.10 bits per heavy atom. The molecule has 0 bridgehead atoms. The molecule has 0 spiro atoms. The van der Waals surface area contributed by atoms with Gasteiger partial charge in [0.15, 0.2) is 0 Å². The summed E-state index contributed by atoms with van der Waals surface area (Å²) in [5, 5.41) is 10.5. The molecule has 0 radical (unpaired) electrons. The first kappa shape index (κ1) is 14.1. The summed E-state index contributed by atoms with van der Waals surface area (Å²) in [5.41, 5.74) is 5.07. The largest absolute Gasteiger partial charge is 0.372 e. The van der Waals surface area contributed by atoms with Crippen molar-refractivity contribution in [2.75, 3.05) is 18.0 Å². The van der Waals surface area contributed by atoms with Crippen LogP contribution in [0.1, 0.15) is 36.1 Å². The maximum Gasteiger partial charge on any atom is 0.0535 e. The molecule has 0 aliphatic carbocycles. The highest BCUT2D eigenvalue weighted by atomic mass is 15.1. The molecule has 4 nitrogen and oxygen atoms in total. The van der Waals surface area contributed by atoms with Crippen LogP contribution in [0.2, 0.25) is 0 Å². The number of hydrogen-bond donors (Lipinski definition) is 2. The molecule has 1 aromatic carbocycles. The summed E-state index contributed by atoms with van der Waals surface area (Å²) in [5.74, 6) is 0. The van der Waals surface area contributed by atoms with E-state index in [-0.39, 0.29) is 0 Å². The van der Waals surface area contributed by atoms with Crippen LogP contribution >= 0.6 is 0 Å². The average Bonchev–Trinajstić information content (AvgIpc) is 2.94. The molecule has 112 valence electrons. The fourth-order valence-corrected chi connectivity index (χ4v) is 2.87. The van der Waals surface area contributed by atoms with E-state index < -0.39 is 0 Å². The number of hydrogen-bond acceptors (Lipinski definition) is 3. The van der Waals surface area contributed by atoms with Crippen molar-refractivity contribution >= 4 is 5.69 Å². The molecule has 0 saturated carbocycles. The molecule has 1 fully saturated rings. The molecular formula is C17H24N4. The van der Waals surface area contributed by atoms with Gasteiger partial charge in [-0.2, -0.15) is 5.10 Å². The van der Waals surface area contributed by atoms with Crippen LogP contribution in [0.5, 0.6) is 0 Å². The summed E-state index contributed by atoms with van der Waals surface area (Å²) in [6, 6.07) is 8.98. The molecule has 2 heterocycles. The van der Waals surface area contributed by atoms with Crippen LogP contribution in [0.25, 0.3) is 0 Å². The summed E-state index contributed by atoms with van der Waals surface area (Å²) in [6.07, 6.45) is 5.93. The Morgan fingerprint density at radius 3 is 2.52 bits per heavy atom. The fraction of sp³-hybridized carbons (Fsp3) is 0.471. The van der Waals surface area contributed by atoms with Gasteiger partial charge in [-0.3, -0.25) is 5.10 Å². The molecule has 0 unspecified atom stereocenters. The van der Waals surface area contributed by atoms with Gasteiger partial charge in [-0.25, -0.2) is 0 Å². The molecule has 4 heteroatoms. The van der Waals surface area contributed by atoms with E-state index in [2.05, 4.69) is 51.6 Å². The quantitative estimate of drug-likeness (QED) is 0.887. The van der Waals surface area contributed by atoms with Gasteiger partial charge in [0, 0.05) is 43.1 Å². The zero-order chi connectivity index (χ0) is 14.5. The van der Waals surface area contributed by atoms with Crippen molar-refractivity contribution in [1.82, 2.24) is 15.5 Å². The van der Waals surface area contributed by atoms with E-state index in [9.17, 15) is 0 Å². The Labute approximate surface area is 126 Å². The minimum absolute atomic E-state index is 0.857.